The summed E-state index contributed by atoms with van der Waals surface area (Å²) >= 11 is 5.12. The summed E-state index contributed by atoms with van der Waals surface area (Å²) in [5.41, 5.74) is 7.97. The topological polar surface area (TPSA) is 50.9 Å². The third-order valence-electron chi connectivity index (χ3n) is 5.67. The molecule has 0 unspecified atom stereocenters. The Bertz CT molecular complexity index is 560. The van der Waals surface area contributed by atoms with Gasteiger partial charge in [0.2, 0.25) is 0 Å². The first kappa shape index (κ1) is 13.5. The van der Waals surface area contributed by atoms with Gasteiger partial charge in [-0.3, -0.25) is 0 Å². The average molecular weight is 301 g/mol. The lowest BCUT2D eigenvalue weighted by molar-refractivity contribution is 0.0105. The fourth-order valence-electron chi connectivity index (χ4n) is 5.41. The fourth-order valence-corrected chi connectivity index (χ4v) is 5.53. The van der Waals surface area contributed by atoms with E-state index in [1.807, 2.05) is 19.1 Å². The van der Waals surface area contributed by atoms with Gasteiger partial charge >= 0.3 is 0 Å². The lowest BCUT2D eigenvalue weighted by Crippen LogP contribution is -2.54. The van der Waals surface area contributed by atoms with Gasteiger partial charge in [0.1, 0.15) is 10.8 Å². The lowest BCUT2D eigenvalue weighted by Gasteiger charge is -2.57. The molecule has 0 radical (unpaired) electrons. The van der Waals surface area contributed by atoms with E-state index >= 15 is 0 Å². The van der Waals surface area contributed by atoms with Crippen LogP contribution in [0.2, 0.25) is 0 Å². The van der Waals surface area contributed by atoms with E-state index in [1.54, 1.807) is 0 Å². The minimum Gasteiger partial charge on any atom is -0.389 e. The summed E-state index contributed by atoms with van der Waals surface area (Å²) in [6.45, 7) is 2.01. The zero-order chi connectivity index (χ0) is 14.6. The number of pyridine rings is 1. The van der Waals surface area contributed by atoms with Crippen LogP contribution in [0.1, 0.15) is 49.8 Å². The van der Waals surface area contributed by atoms with Crippen LogP contribution < -0.4 is 11.1 Å². The van der Waals surface area contributed by atoms with Crippen LogP contribution in [0.5, 0.6) is 0 Å². The maximum Gasteiger partial charge on any atom is 0.127 e. The highest BCUT2D eigenvalue weighted by atomic mass is 32.1. The minimum atomic E-state index is 0.281. The number of aromatic nitrogens is 1. The van der Waals surface area contributed by atoms with Crippen LogP contribution in [0, 0.1) is 24.7 Å². The Labute approximate surface area is 131 Å². The molecule has 4 heteroatoms. The van der Waals surface area contributed by atoms with Gasteiger partial charge in [-0.15, -0.1) is 0 Å². The van der Waals surface area contributed by atoms with Gasteiger partial charge < -0.3 is 11.1 Å². The summed E-state index contributed by atoms with van der Waals surface area (Å²) in [4.78, 5) is 5.12. The molecule has 3 N–H and O–H groups in total. The molecule has 1 aromatic rings. The molecule has 0 saturated heterocycles. The van der Waals surface area contributed by atoms with Gasteiger partial charge in [-0.1, -0.05) is 12.2 Å². The van der Waals surface area contributed by atoms with Crippen molar-refractivity contribution in [3.63, 3.8) is 0 Å². The Morgan fingerprint density at radius 2 is 1.76 bits per heavy atom. The van der Waals surface area contributed by atoms with E-state index in [1.165, 1.54) is 38.5 Å². The van der Waals surface area contributed by atoms with E-state index in [2.05, 4.69) is 10.3 Å². The van der Waals surface area contributed by atoms with Crippen molar-refractivity contribution in [2.75, 3.05) is 5.32 Å². The summed E-state index contributed by atoms with van der Waals surface area (Å²) in [6, 6.07) is 3.99. The van der Waals surface area contributed by atoms with Gasteiger partial charge in [-0.05, 0) is 75.3 Å². The zero-order valence-corrected chi connectivity index (χ0v) is 13.4. The van der Waals surface area contributed by atoms with Gasteiger partial charge in [0.05, 0.1) is 0 Å². The molecule has 0 atom stereocenters. The van der Waals surface area contributed by atoms with Gasteiger partial charge in [0.25, 0.3) is 0 Å². The van der Waals surface area contributed by atoms with E-state index in [0.29, 0.717) is 4.99 Å². The number of nitrogens with two attached hydrogens (primary N) is 1. The van der Waals surface area contributed by atoms with Gasteiger partial charge in [-0.25, -0.2) is 4.98 Å². The molecule has 21 heavy (non-hydrogen) atoms. The number of anilines is 1. The third kappa shape index (κ3) is 2.44. The number of hydrogen-bond acceptors (Lipinski definition) is 3. The molecule has 0 amide bonds. The Morgan fingerprint density at radius 1 is 1.19 bits per heavy atom. The van der Waals surface area contributed by atoms with Crippen molar-refractivity contribution in [1.29, 1.82) is 0 Å². The number of rotatable bonds is 3. The van der Waals surface area contributed by atoms with E-state index in [4.69, 9.17) is 18.0 Å². The van der Waals surface area contributed by atoms with Crippen LogP contribution in [-0.2, 0) is 0 Å². The summed E-state index contributed by atoms with van der Waals surface area (Å²) in [5, 5.41) is 3.80. The zero-order valence-electron chi connectivity index (χ0n) is 12.6. The second-order valence-corrected chi connectivity index (χ2v) is 8.01. The predicted octanol–water partition coefficient (Wildman–Crippen LogP) is 3.40. The number of thiocarbonyl (C=S) groups is 1. The first-order chi connectivity index (χ1) is 10.0. The maximum atomic E-state index is 5.79. The standard InChI is InChI=1S/C17H23N3S/c1-10-2-14(16(18)21)6-15(19-10)20-17-7-11-3-12(8-17)5-13(4-11)9-17/h2,6,11-13H,3-5,7-9H2,1H3,(H2,18,21)(H,19,20). The smallest absolute Gasteiger partial charge is 0.127 e. The summed E-state index contributed by atoms with van der Waals surface area (Å²) < 4.78 is 0. The summed E-state index contributed by atoms with van der Waals surface area (Å²) in [5.74, 6) is 3.76. The summed E-state index contributed by atoms with van der Waals surface area (Å²) in [6.07, 6.45) is 8.33. The number of nitrogens with zero attached hydrogens (tertiary/aromatic N) is 1. The molecule has 4 fully saturated rings. The maximum absolute atomic E-state index is 5.79. The van der Waals surface area contributed by atoms with E-state index in [0.717, 1.165) is 34.8 Å². The average Bonchev–Trinajstić information content (AvgIpc) is 2.35. The van der Waals surface area contributed by atoms with Gasteiger partial charge in [0.15, 0.2) is 0 Å². The molecule has 4 aliphatic rings. The van der Waals surface area contributed by atoms with Crippen molar-refractivity contribution in [1.82, 2.24) is 4.98 Å². The van der Waals surface area contributed by atoms with Crippen LogP contribution in [0.15, 0.2) is 12.1 Å². The van der Waals surface area contributed by atoms with E-state index in [9.17, 15) is 0 Å². The highest BCUT2D eigenvalue weighted by Crippen LogP contribution is 2.56. The quantitative estimate of drug-likeness (QED) is 0.840. The molecule has 4 saturated carbocycles. The SMILES string of the molecule is Cc1cc(C(N)=S)cc(NC23CC4CC(CC(C4)C2)C3)n1. The summed E-state index contributed by atoms with van der Waals surface area (Å²) in [7, 11) is 0. The fraction of sp³-hybridized carbons (Fsp3) is 0.647. The van der Waals surface area contributed by atoms with E-state index in [-0.39, 0.29) is 5.54 Å². The molecule has 0 aromatic carbocycles. The van der Waals surface area contributed by atoms with Crippen molar-refractivity contribution in [2.45, 2.75) is 51.0 Å². The van der Waals surface area contributed by atoms with Crippen molar-refractivity contribution in [2.24, 2.45) is 23.5 Å². The Kier molecular flexibility index (Phi) is 3.00. The highest BCUT2D eigenvalue weighted by Gasteiger charge is 2.51. The Hall–Kier alpha value is -1.16. The molecule has 0 spiro atoms. The molecule has 112 valence electrons. The van der Waals surface area contributed by atoms with Crippen LogP contribution >= 0.6 is 12.2 Å². The normalized spacial score (nSPS) is 36.7. The Morgan fingerprint density at radius 3 is 2.29 bits per heavy atom. The second-order valence-electron chi connectivity index (χ2n) is 7.57. The van der Waals surface area contributed by atoms with Crippen LogP contribution in [0.4, 0.5) is 5.82 Å². The molecular weight excluding hydrogens is 278 g/mol. The molecule has 4 bridgehead atoms. The highest BCUT2D eigenvalue weighted by molar-refractivity contribution is 7.80. The van der Waals surface area contributed by atoms with Crippen molar-refractivity contribution >= 4 is 23.0 Å². The van der Waals surface area contributed by atoms with Crippen LogP contribution in [0.25, 0.3) is 0 Å². The monoisotopic (exact) mass is 301 g/mol. The van der Waals surface area contributed by atoms with Crippen LogP contribution in [-0.4, -0.2) is 15.5 Å². The Balaban J connectivity index is 1.62. The van der Waals surface area contributed by atoms with Gasteiger partial charge in [-0.2, -0.15) is 0 Å². The molecule has 3 nitrogen and oxygen atoms in total. The van der Waals surface area contributed by atoms with Gasteiger partial charge in [0, 0.05) is 16.8 Å². The number of hydrogen-bond donors (Lipinski definition) is 2. The number of aryl methyl sites for hydroxylation is 1. The third-order valence-corrected chi connectivity index (χ3v) is 5.91. The molecule has 1 aromatic heterocycles. The number of nitrogens with one attached hydrogen (secondary N) is 1. The largest absolute Gasteiger partial charge is 0.389 e. The van der Waals surface area contributed by atoms with Crippen molar-refractivity contribution in [3.8, 4) is 0 Å². The van der Waals surface area contributed by atoms with Crippen LogP contribution in [0.3, 0.4) is 0 Å². The van der Waals surface area contributed by atoms with E-state index < -0.39 is 0 Å². The molecule has 5 rings (SSSR count). The molecule has 0 aliphatic heterocycles. The minimum absolute atomic E-state index is 0.281. The van der Waals surface area contributed by atoms with Crippen molar-refractivity contribution < 1.29 is 0 Å². The second kappa shape index (κ2) is 4.67. The molecular formula is C17H23N3S. The molecule has 1 heterocycles. The first-order valence-corrected chi connectivity index (χ1v) is 8.49. The first-order valence-electron chi connectivity index (χ1n) is 8.08. The molecule has 4 aliphatic carbocycles. The predicted molar refractivity (Wildman–Crippen MR) is 89.4 cm³/mol. The van der Waals surface area contributed by atoms with Crippen molar-refractivity contribution in [3.05, 3.63) is 23.4 Å². The lowest BCUT2D eigenvalue weighted by atomic mass is 9.53.